The lowest BCUT2D eigenvalue weighted by Crippen LogP contribution is -2.09. The Balaban J connectivity index is 3.45. The first kappa shape index (κ1) is 11.9. The molecule has 0 aliphatic heterocycles. The lowest BCUT2D eigenvalue weighted by molar-refractivity contribution is 0.181. The molecule has 0 saturated heterocycles. The van der Waals surface area contributed by atoms with Gasteiger partial charge < -0.3 is 5.11 Å². The summed E-state index contributed by atoms with van der Waals surface area (Å²) in [5, 5.41) is 8.89. The molecule has 0 radical (unpaired) electrons. The average Bonchev–Trinajstić information content (AvgIpc) is 1.98. The van der Waals surface area contributed by atoms with Crippen LogP contribution < -0.4 is 0 Å². The molecule has 1 atom stereocenters. The van der Waals surface area contributed by atoms with Crippen molar-refractivity contribution < 1.29 is 13.5 Å². The van der Waals surface area contributed by atoms with E-state index in [0.29, 0.717) is 12.8 Å². The maximum atomic E-state index is 11.0. The first-order valence-electron chi connectivity index (χ1n) is 4.36. The van der Waals surface area contributed by atoms with E-state index in [1.165, 1.54) is 0 Å². The van der Waals surface area contributed by atoms with Crippen LogP contribution in [0.25, 0.3) is 0 Å². The van der Waals surface area contributed by atoms with E-state index in [9.17, 15) is 8.42 Å². The van der Waals surface area contributed by atoms with Crippen LogP contribution in [0.2, 0.25) is 0 Å². The summed E-state index contributed by atoms with van der Waals surface area (Å²) in [5.74, 6) is 0.484. The van der Waals surface area contributed by atoms with Gasteiger partial charge in [-0.3, -0.25) is 0 Å². The number of unbranched alkanes of at least 4 members (excludes halogenated alkanes) is 1. The molecular formula is C8H18O3S. The molecule has 0 spiro atoms. The molecule has 1 N–H and O–H groups in total. The number of rotatable bonds is 6. The molecule has 3 nitrogen and oxygen atoms in total. The number of aliphatic hydroxyl groups is 1. The fourth-order valence-electron chi connectivity index (χ4n) is 0.906. The third-order valence-electron chi connectivity index (χ3n) is 1.77. The second-order valence-electron chi connectivity index (χ2n) is 3.08. The molecule has 74 valence electrons. The molecule has 0 aromatic rings. The molecule has 0 saturated carbocycles. The van der Waals surface area contributed by atoms with E-state index in [4.69, 9.17) is 5.11 Å². The summed E-state index contributed by atoms with van der Waals surface area (Å²) in [5.41, 5.74) is 0. The maximum absolute atomic E-state index is 11.0. The second kappa shape index (κ2) is 5.54. The van der Waals surface area contributed by atoms with Crippen LogP contribution in [0.15, 0.2) is 0 Å². The number of aliphatic hydroxyl groups excluding tert-OH is 1. The van der Waals surface area contributed by atoms with Gasteiger partial charge in [0.2, 0.25) is 0 Å². The summed E-state index contributed by atoms with van der Waals surface area (Å²) >= 11 is 0. The Morgan fingerprint density at radius 2 is 1.92 bits per heavy atom. The highest BCUT2D eigenvalue weighted by molar-refractivity contribution is 7.91. The molecule has 0 aromatic heterocycles. The zero-order chi connectivity index (χ0) is 9.61. The fourth-order valence-corrected chi connectivity index (χ4v) is 1.84. The maximum Gasteiger partial charge on any atom is 0.150 e. The van der Waals surface area contributed by atoms with Gasteiger partial charge in [0, 0.05) is 5.75 Å². The molecule has 0 rings (SSSR count). The summed E-state index contributed by atoms with van der Waals surface area (Å²) in [6.07, 6.45) is 1.84. The van der Waals surface area contributed by atoms with Crippen LogP contribution in [-0.4, -0.2) is 31.1 Å². The Morgan fingerprint density at radius 1 is 1.33 bits per heavy atom. The van der Waals surface area contributed by atoms with Crippen LogP contribution in [0.5, 0.6) is 0 Å². The Labute approximate surface area is 74.7 Å². The first-order valence-corrected chi connectivity index (χ1v) is 6.18. The van der Waals surface area contributed by atoms with Crippen molar-refractivity contribution in [3.8, 4) is 0 Å². The van der Waals surface area contributed by atoms with E-state index >= 15 is 0 Å². The molecule has 4 heteroatoms. The van der Waals surface area contributed by atoms with E-state index in [1.807, 2.05) is 0 Å². The van der Waals surface area contributed by atoms with E-state index in [-0.39, 0.29) is 17.6 Å². The SMILES string of the molecule is CCS(=O)(=O)CCCCC(C)O. The van der Waals surface area contributed by atoms with Crippen molar-refractivity contribution in [1.82, 2.24) is 0 Å². The first-order chi connectivity index (χ1) is 5.48. The molecule has 0 amide bonds. The molecule has 0 fully saturated rings. The molecule has 1 unspecified atom stereocenters. The Kier molecular flexibility index (Phi) is 5.50. The van der Waals surface area contributed by atoms with Gasteiger partial charge in [-0.05, 0) is 26.2 Å². The minimum atomic E-state index is -2.80. The van der Waals surface area contributed by atoms with Crippen LogP contribution >= 0.6 is 0 Å². The molecule has 12 heavy (non-hydrogen) atoms. The zero-order valence-electron chi connectivity index (χ0n) is 7.78. The van der Waals surface area contributed by atoms with Crippen molar-refractivity contribution in [2.75, 3.05) is 11.5 Å². The Morgan fingerprint density at radius 3 is 2.33 bits per heavy atom. The molecule has 0 aliphatic rings. The van der Waals surface area contributed by atoms with Crippen LogP contribution in [0.3, 0.4) is 0 Å². The van der Waals surface area contributed by atoms with Crippen molar-refractivity contribution in [3.63, 3.8) is 0 Å². The number of hydrogen-bond acceptors (Lipinski definition) is 3. The van der Waals surface area contributed by atoms with Crippen molar-refractivity contribution in [2.24, 2.45) is 0 Å². The van der Waals surface area contributed by atoms with Crippen molar-refractivity contribution in [3.05, 3.63) is 0 Å². The number of hydrogen-bond donors (Lipinski definition) is 1. The van der Waals surface area contributed by atoms with E-state index in [1.54, 1.807) is 13.8 Å². The average molecular weight is 194 g/mol. The summed E-state index contributed by atoms with van der Waals surface area (Å²) in [6.45, 7) is 3.37. The smallest absolute Gasteiger partial charge is 0.150 e. The van der Waals surface area contributed by atoms with Gasteiger partial charge in [-0.2, -0.15) is 0 Å². The highest BCUT2D eigenvalue weighted by atomic mass is 32.2. The lowest BCUT2D eigenvalue weighted by Gasteiger charge is -2.03. The minimum absolute atomic E-state index is 0.224. The predicted molar refractivity (Wildman–Crippen MR) is 49.9 cm³/mol. The topological polar surface area (TPSA) is 54.4 Å². The Bertz CT molecular complexity index is 194. The quantitative estimate of drug-likeness (QED) is 0.641. The van der Waals surface area contributed by atoms with Crippen molar-refractivity contribution in [1.29, 1.82) is 0 Å². The zero-order valence-corrected chi connectivity index (χ0v) is 8.60. The van der Waals surface area contributed by atoms with Crippen LogP contribution in [0, 0.1) is 0 Å². The summed E-state index contributed by atoms with van der Waals surface area (Å²) in [6, 6.07) is 0. The monoisotopic (exact) mass is 194 g/mol. The van der Waals surface area contributed by atoms with Gasteiger partial charge in [0.25, 0.3) is 0 Å². The molecular weight excluding hydrogens is 176 g/mol. The van der Waals surface area contributed by atoms with Gasteiger partial charge in [0.1, 0.15) is 9.84 Å². The van der Waals surface area contributed by atoms with Gasteiger partial charge in [-0.15, -0.1) is 0 Å². The van der Waals surface area contributed by atoms with Gasteiger partial charge in [0.15, 0.2) is 0 Å². The van der Waals surface area contributed by atoms with Gasteiger partial charge in [-0.1, -0.05) is 6.92 Å². The fraction of sp³-hybridized carbons (Fsp3) is 1.00. The van der Waals surface area contributed by atoms with Gasteiger partial charge >= 0.3 is 0 Å². The number of sulfone groups is 1. The normalized spacial score (nSPS) is 14.6. The molecule has 0 heterocycles. The summed E-state index contributed by atoms with van der Waals surface area (Å²) in [4.78, 5) is 0. The molecule has 0 aromatic carbocycles. The van der Waals surface area contributed by atoms with E-state index in [2.05, 4.69) is 0 Å². The van der Waals surface area contributed by atoms with Gasteiger partial charge in [0.05, 0.1) is 11.9 Å². The lowest BCUT2D eigenvalue weighted by atomic mass is 10.2. The van der Waals surface area contributed by atoms with E-state index in [0.717, 1.165) is 6.42 Å². The minimum Gasteiger partial charge on any atom is -0.393 e. The predicted octanol–water partition coefficient (Wildman–Crippen LogP) is 0.972. The van der Waals surface area contributed by atoms with Crippen LogP contribution in [0.4, 0.5) is 0 Å². The van der Waals surface area contributed by atoms with Crippen molar-refractivity contribution in [2.45, 2.75) is 39.2 Å². The van der Waals surface area contributed by atoms with Crippen molar-refractivity contribution >= 4 is 9.84 Å². The van der Waals surface area contributed by atoms with Gasteiger partial charge in [-0.25, -0.2) is 8.42 Å². The van der Waals surface area contributed by atoms with E-state index < -0.39 is 9.84 Å². The summed E-state index contributed by atoms with van der Waals surface area (Å²) < 4.78 is 22.0. The standard InChI is InChI=1S/C8H18O3S/c1-3-12(10,11)7-5-4-6-8(2)9/h8-9H,3-7H2,1-2H3. The van der Waals surface area contributed by atoms with Crippen LogP contribution in [-0.2, 0) is 9.84 Å². The highest BCUT2D eigenvalue weighted by Crippen LogP contribution is 2.02. The summed E-state index contributed by atoms with van der Waals surface area (Å²) in [7, 11) is -2.80. The third-order valence-corrected chi connectivity index (χ3v) is 3.56. The second-order valence-corrected chi connectivity index (χ2v) is 5.55. The van der Waals surface area contributed by atoms with Crippen LogP contribution in [0.1, 0.15) is 33.1 Å². The Hall–Kier alpha value is -0.0900. The largest absolute Gasteiger partial charge is 0.393 e. The third kappa shape index (κ3) is 6.61. The molecule has 0 aliphatic carbocycles. The molecule has 0 bridgehead atoms. The highest BCUT2D eigenvalue weighted by Gasteiger charge is 2.06.